The molecule has 17 heavy (non-hydrogen) atoms. The summed E-state index contributed by atoms with van der Waals surface area (Å²) in [7, 11) is 0. The second kappa shape index (κ2) is 5.43. The number of pyridine rings is 1. The molecule has 88 valence electrons. The van der Waals surface area contributed by atoms with Crippen molar-refractivity contribution in [1.29, 1.82) is 0 Å². The highest BCUT2D eigenvalue weighted by Gasteiger charge is 2.03. The van der Waals surface area contributed by atoms with Crippen molar-refractivity contribution in [3.05, 3.63) is 52.8 Å². The number of halogens is 1. The number of hydrogen-bond acceptors (Lipinski definition) is 3. The highest BCUT2D eigenvalue weighted by molar-refractivity contribution is 7.98. The number of nitrogens with zero attached hydrogens (tertiary/aromatic N) is 1. The third kappa shape index (κ3) is 3.14. The van der Waals surface area contributed by atoms with Crippen LogP contribution in [0.2, 0.25) is 5.02 Å². The van der Waals surface area contributed by atoms with Gasteiger partial charge >= 0.3 is 0 Å². The predicted molar refractivity (Wildman–Crippen MR) is 74.4 cm³/mol. The number of hydrogen-bond donors (Lipinski definition) is 1. The highest BCUT2D eigenvalue weighted by atomic mass is 35.5. The van der Waals surface area contributed by atoms with Crippen LogP contribution in [-0.4, -0.2) is 4.98 Å². The first-order valence-corrected chi connectivity index (χ1v) is 6.60. The van der Waals surface area contributed by atoms with Gasteiger partial charge in [0, 0.05) is 28.7 Å². The van der Waals surface area contributed by atoms with Crippen LogP contribution in [0.4, 0.5) is 5.69 Å². The van der Waals surface area contributed by atoms with Crippen molar-refractivity contribution in [2.45, 2.75) is 17.6 Å². The first-order valence-electron chi connectivity index (χ1n) is 5.24. The lowest BCUT2D eigenvalue weighted by Crippen LogP contribution is -1.88. The van der Waals surface area contributed by atoms with Crippen LogP contribution < -0.4 is 5.73 Å². The smallest absolute Gasteiger partial charge is 0.0629 e. The number of nitrogens with two attached hydrogens (primary N) is 1. The first kappa shape index (κ1) is 12.3. The lowest BCUT2D eigenvalue weighted by atomic mass is 10.2. The summed E-state index contributed by atoms with van der Waals surface area (Å²) in [4.78, 5) is 5.20. The Hall–Kier alpha value is -1.19. The van der Waals surface area contributed by atoms with Gasteiger partial charge < -0.3 is 5.73 Å². The number of aryl methyl sites for hydroxylation is 1. The lowest BCUT2D eigenvalue weighted by Gasteiger charge is -2.07. The maximum Gasteiger partial charge on any atom is 0.0629 e. The van der Waals surface area contributed by atoms with Gasteiger partial charge in [0.25, 0.3) is 0 Å². The zero-order valence-corrected chi connectivity index (χ0v) is 11.1. The molecular formula is C13H13ClN2S. The van der Waals surface area contributed by atoms with Crippen molar-refractivity contribution in [2.24, 2.45) is 0 Å². The molecule has 4 heteroatoms. The van der Waals surface area contributed by atoms with E-state index < -0.39 is 0 Å². The van der Waals surface area contributed by atoms with Crippen molar-refractivity contribution in [2.75, 3.05) is 5.73 Å². The first-order chi connectivity index (χ1) is 8.16. The van der Waals surface area contributed by atoms with Gasteiger partial charge in [-0.15, -0.1) is 11.8 Å². The summed E-state index contributed by atoms with van der Waals surface area (Å²) in [6, 6.07) is 7.90. The molecule has 0 saturated heterocycles. The van der Waals surface area contributed by atoms with Crippen LogP contribution >= 0.6 is 23.4 Å². The quantitative estimate of drug-likeness (QED) is 0.675. The molecule has 0 amide bonds. The second-order valence-corrected chi connectivity index (χ2v) is 5.21. The normalized spacial score (nSPS) is 10.5. The summed E-state index contributed by atoms with van der Waals surface area (Å²) in [5, 5.41) is 0.716. The molecule has 1 heterocycles. The molecule has 0 saturated carbocycles. The average Bonchev–Trinajstić information content (AvgIpc) is 2.30. The van der Waals surface area contributed by atoms with Crippen LogP contribution in [0.15, 0.2) is 41.6 Å². The minimum atomic E-state index is 0.716. The number of anilines is 1. The number of nitrogen functional groups attached to an aromatic ring is 1. The van der Waals surface area contributed by atoms with Gasteiger partial charge in [-0.2, -0.15) is 0 Å². The Balaban J connectivity index is 2.10. The SMILES string of the molecule is Cc1cc(N)ccc1SCc1ccncc1Cl. The Morgan fingerprint density at radius 2 is 2.18 bits per heavy atom. The minimum Gasteiger partial charge on any atom is -0.399 e. The van der Waals surface area contributed by atoms with Crippen LogP contribution in [0.5, 0.6) is 0 Å². The Morgan fingerprint density at radius 1 is 1.35 bits per heavy atom. The van der Waals surface area contributed by atoms with Gasteiger partial charge in [-0.25, -0.2) is 0 Å². The van der Waals surface area contributed by atoms with E-state index in [1.165, 1.54) is 10.5 Å². The maximum absolute atomic E-state index is 6.06. The number of rotatable bonds is 3. The third-order valence-electron chi connectivity index (χ3n) is 2.44. The summed E-state index contributed by atoms with van der Waals surface area (Å²) in [5.74, 6) is 0.839. The molecule has 2 N–H and O–H groups in total. The molecular weight excluding hydrogens is 252 g/mol. The Bertz CT molecular complexity index is 529. The molecule has 2 aromatic rings. The Morgan fingerprint density at radius 3 is 2.88 bits per heavy atom. The molecule has 0 aliphatic carbocycles. The average molecular weight is 265 g/mol. The van der Waals surface area contributed by atoms with Crippen LogP contribution in [0.1, 0.15) is 11.1 Å². The van der Waals surface area contributed by atoms with Gasteiger partial charge in [0.1, 0.15) is 0 Å². The molecule has 0 radical (unpaired) electrons. The largest absolute Gasteiger partial charge is 0.399 e. The molecule has 0 fully saturated rings. The number of thioether (sulfide) groups is 1. The topological polar surface area (TPSA) is 38.9 Å². The summed E-state index contributed by atoms with van der Waals surface area (Å²) >= 11 is 7.81. The van der Waals surface area contributed by atoms with Crippen molar-refractivity contribution >= 4 is 29.1 Å². The maximum atomic E-state index is 6.06. The van der Waals surface area contributed by atoms with Gasteiger partial charge in [-0.1, -0.05) is 11.6 Å². The summed E-state index contributed by atoms with van der Waals surface area (Å²) in [6.07, 6.45) is 3.44. The van der Waals surface area contributed by atoms with E-state index in [1.807, 2.05) is 24.3 Å². The zero-order valence-electron chi connectivity index (χ0n) is 9.48. The van der Waals surface area contributed by atoms with E-state index in [2.05, 4.69) is 11.9 Å². The van der Waals surface area contributed by atoms with E-state index in [0.29, 0.717) is 5.02 Å². The Labute approximate surface area is 110 Å². The van der Waals surface area contributed by atoms with Crippen LogP contribution in [-0.2, 0) is 5.75 Å². The molecule has 0 aliphatic heterocycles. The molecule has 2 rings (SSSR count). The van der Waals surface area contributed by atoms with Gasteiger partial charge in [0.05, 0.1) is 5.02 Å². The third-order valence-corrected chi connectivity index (χ3v) is 4.00. The molecule has 1 aromatic heterocycles. The number of benzene rings is 1. The lowest BCUT2D eigenvalue weighted by molar-refractivity contribution is 1.26. The molecule has 0 aliphatic rings. The monoisotopic (exact) mass is 264 g/mol. The van der Waals surface area contributed by atoms with Crippen LogP contribution in [0, 0.1) is 6.92 Å². The molecule has 0 bridgehead atoms. The summed E-state index contributed by atoms with van der Waals surface area (Å²) < 4.78 is 0. The van der Waals surface area contributed by atoms with Crippen molar-refractivity contribution in [3.63, 3.8) is 0 Å². The summed E-state index contributed by atoms with van der Waals surface area (Å²) in [5.41, 5.74) is 8.81. The highest BCUT2D eigenvalue weighted by Crippen LogP contribution is 2.29. The fourth-order valence-corrected chi connectivity index (χ4v) is 2.79. The van der Waals surface area contributed by atoms with Crippen molar-refractivity contribution in [1.82, 2.24) is 4.98 Å². The van der Waals surface area contributed by atoms with Crippen LogP contribution in [0.3, 0.4) is 0 Å². The van der Waals surface area contributed by atoms with E-state index in [0.717, 1.165) is 17.0 Å². The fraction of sp³-hybridized carbons (Fsp3) is 0.154. The second-order valence-electron chi connectivity index (χ2n) is 3.78. The zero-order chi connectivity index (χ0) is 12.3. The van der Waals surface area contributed by atoms with E-state index in [-0.39, 0.29) is 0 Å². The van der Waals surface area contributed by atoms with E-state index in [4.69, 9.17) is 17.3 Å². The molecule has 1 aromatic carbocycles. The molecule has 0 spiro atoms. The van der Waals surface area contributed by atoms with E-state index >= 15 is 0 Å². The van der Waals surface area contributed by atoms with Gasteiger partial charge in [0.15, 0.2) is 0 Å². The molecule has 0 atom stereocenters. The fourth-order valence-electron chi connectivity index (χ4n) is 1.51. The van der Waals surface area contributed by atoms with Gasteiger partial charge in [-0.05, 0) is 42.3 Å². The number of aromatic nitrogens is 1. The molecule has 0 unspecified atom stereocenters. The summed E-state index contributed by atoms with van der Waals surface area (Å²) in [6.45, 7) is 2.06. The molecule has 2 nitrogen and oxygen atoms in total. The van der Waals surface area contributed by atoms with Gasteiger partial charge in [-0.3, -0.25) is 4.98 Å². The van der Waals surface area contributed by atoms with Crippen molar-refractivity contribution in [3.8, 4) is 0 Å². The Kier molecular flexibility index (Phi) is 3.92. The predicted octanol–water partition coefficient (Wildman–Crippen LogP) is 3.92. The van der Waals surface area contributed by atoms with E-state index in [1.54, 1.807) is 24.2 Å². The van der Waals surface area contributed by atoms with Crippen molar-refractivity contribution < 1.29 is 0 Å². The van der Waals surface area contributed by atoms with Gasteiger partial charge in [0.2, 0.25) is 0 Å². The minimum absolute atomic E-state index is 0.716. The van der Waals surface area contributed by atoms with Crippen LogP contribution in [0.25, 0.3) is 0 Å². The standard InChI is InChI=1S/C13H13ClN2S/c1-9-6-11(15)2-3-13(9)17-8-10-4-5-16-7-12(10)14/h2-7H,8,15H2,1H3. The van der Waals surface area contributed by atoms with E-state index in [9.17, 15) is 0 Å².